The first-order chi connectivity index (χ1) is 11.3. The summed E-state index contributed by atoms with van der Waals surface area (Å²) < 4.78 is 3.24. The standard InChI is InChI=1S/C15H17N7O/c1-2-13(21-8-4-7-19-21)15(23)18-9-12-5-3-6-17-14(12)22-11-16-10-20-22/h3-8,10-11,13H,2,9H2,1H3,(H,18,23)/t13-/m1/s1. The third kappa shape index (κ3) is 3.25. The van der Waals surface area contributed by atoms with Gasteiger partial charge in [0, 0.05) is 30.7 Å². The van der Waals surface area contributed by atoms with Crippen LogP contribution in [0.1, 0.15) is 24.9 Å². The molecule has 0 fully saturated rings. The van der Waals surface area contributed by atoms with Crippen molar-refractivity contribution in [1.29, 1.82) is 0 Å². The summed E-state index contributed by atoms with van der Waals surface area (Å²) in [5, 5.41) is 11.2. The van der Waals surface area contributed by atoms with E-state index in [1.165, 1.54) is 6.33 Å². The van der Waals surface area contributed by atoms with E-state index in [0.29, 0.717) is 18.8 Å². The van der Waals surface area contributed by atoms with E-state index in [2.05, 4.69) is 25.5 Å². The summed E-state index contributed by atoms with van der Waals surface area (Å²) in [5.74, 6) is 0.571. The van der Waals surface area contributed by atoms with Gasteiger partial charge < -0.3 is 5.32 Å². The van der Waals surface area contributed by atoms with Crippen LogP contribution in [0.5, 0.6) is 0 Å². The molecule has 3 heterocycles. The van der Waals surface area contributed by atoms with Crippen molar-refractivity contribution in [2.24, 2.45) is 0 Å². The van der Waals surface area contributed by atoms with Crippen LogP contribution >= 0.6 is 0 Å². The summed E-state index contributed by atoms with van der Waals surface area (Å²) in [6.07, 6.45) is 8.82. The van der Waals surface area contributed by atoms with Gasteiger partial charge in [0.05, 0.1) is 0 Å². The molecule has 3 aromatic rings. The molecule has 8 nitrogen and oxygen atoms in total. The maximum atomic E-state index is 12.4. The minimum atomic E-state index is -0.323. The van der Waals surface area contributed by atoms with Gasteiger partial charge in [0.15, 0.2) is 5.82 Å². The van der Waals surface area contributed by atoms with E-state index < -0.39 is 0 Å². The summed E-state index contributed by atoms with van der Waals surface area (Å²) in [5.41, 5.74) is 0.863. The van der Waals surface area contributed by atoms with Crippen molar-refractivity contribution in [3.63, 3.8) is 0 Å². The molecule has 0 aliphatic carbocycles. The van der Waals surface area contributed by atoms with Gasteiger partial charge in [-0.2, -0.15) is 10.2 Å². The van der Waals surface area contributed by atoms with E-state index in [4.69, 9.17) is 0 Å². The van der Waals surface area contributed by atoms with E-state index >= 15 is 0 Å². The van der Waals surface area contributed by atoms with E-state index in [-0.39, 0.29) is 11.9 Å². The molecular formula is C15H17N7O. The Morgan fingerprint density at radius 3 is 2.91 bits per heavy atom. The Balaban J connectivity index is 1.72. The van der Waals surface area contributed by atoms with Gasteiger partial charge >= 0.3 is 0 Å². The highest BCUT2D eigenvalue weighted by Gasteiger charge is 2.18. The van der Waals surface area contributed by atoms with Crippen LogP contribution < -0.4 is 5.32 Å². The van der Waals surface area contributed by atoms with E-state index in [1.807, 2.05) is 19.1 Å². The van der Waals surface area contributed by atoms with Crippen molar-refractivity contribution >= 4 is 5.91 Å². The van der Waals surface area contributed by atoms with E-state index in [0.717, 1.165) is 5.56 Å². The second-order valence-electron chi connectivity index (χ2n) is 4.95. The molecule has 23 heavy (non-hydrogen) atoms. The van der Waals surface area contributed by atoms with Gasteiger partial charge in [-0.25, -0.2) is 14.6 Å². The third-order valence-electron chi connectivity index (χ3n) is 3.49. The second-order valence-corrected chi connectivity index (χ2v) is 4.95. The fourth-order valence-corrected chi connectivity index (χ4v) is 2.35. The molecule has 8 heteroatoms. The molecule has 0 aliphatic rings. The van der Waals surface area contributed by atoms with Crippen molar-refractivity contribution in [1.82, 2.24) is 34.8 Å². The van der Waals surface area contributed by atoms with Crippen molar-refractivity contribution in [2.75, 3.05) is 0 Å². The molecule has 0 radical (unpaired) electrons. The highest BCUT2D eigenvalue weighted by Crippen LogP contribution is 2.12. The zero-order chi connectivity index (χ0) is 16.1. The molecule has 0 saturated carbocycles. The molecule has 1 N–H and O–H groups in total. The van der Waals surface area contributed by atoms with E-state index in [1.54, 1.807) is 40.3 Å². The first-order valence-electron chi connectivity index (χ1n) is 7.35. The minimum Gasteiger partial charge on any atom is -0.350 e. The van der Waals surface area contributed by atoms with Crippen LogP contribution in [-0.4, -0.2) is 35.4 Å². The highest BCUT2D eigenvalue weighted by molar-refractivity contribution is 5.80. The van der Waals surface area contributed by atoms with Crippen LogP contribution in [0.4, 0.5) is 0 Å². The predicted octanol–water partition coefficient (Wildman–Crippen LogP) is 1.13. The van der Waals surface area contributed by atoms with Crippen LogP contribution in [-0.2, 0) is 11.3 Å². The Kier molecular flexibility index (Phi) is 4.41. The number of carbonyl (C=O) groups is 1. The lowest BCUT2D eigenvalue weighted by Crippen LogP contribution is -2.32. The van der Waals surface area contributed by atoms with Crippen LogP contribution in [0, 0.1) is 0 Å². The SMILES string of the molecule is CC[C@H](C(=O)NCc1cccnc1-n1cncn1)n1cccn1. The number of rotatable bonds is 6. The Morgan fingerprint density at radius 1 is 1.30 bits per heavy atom. The zero-order valence-electron chi connectivity index (χ0n) is 12.7. The van der Waals surface area contributed by atoms with Gasteiger partial charge in [0.1, 0.15) is 18.7 Å². The fourth-order valence-electron chi connectivity index (χ4n) is 2.35. The number of amides is 1. The zero-order valence-corrected chi connectivity index (χ0v) is 12.7. The maximum Gasteiger partial charge on any atom is 0.245 e. The topological polar surface area (TPSA) is 90.5 Å². The number of pyridine rings is 1. The maximum absolute atomic E-state index is 12.4. The monoisotopic (exact) mass is 311 g/mol. The van der Waals surface area contributed by atoms with Crippen molar-refractivity contribution in [2.45, 2.75) is 25.9 Å². The number of carbonyl (C=O) groups excluding carboxylic acids is 1. The van der Waals surface area contributed by atoms with Crippen LogP contribution in [0.15, 0.2) is 49.4 Å². The van der Waals surface area contributed by atoms with Crippen LogP contribution in [0.2, 0.25) is 0 Å². The molecule has 118 valence electrons. The fraction of sp³-hybridized carbons (Fsp3) is 0.267. The van der Waals surface area contributed by atoms with Gasteiger partial charge in [-0.05, 0) is 18.6 Å². The largest absolute Gasteiger partial charge is 0.350 e. The number of hydrogen-bond donors (Lipinski definition) is 1. The summed E-state index contributed by atoms with van der Waals surface area (Å²) in [6.45, 7) is 2.32. The summed E-state index contributed by atoms with van der Waals surface area (Å²) in [6, 6.07) is 5.21. The molecule has 0 bridgehead atoms. The molecule has 0 aromatic carbocycles. The lowest BCUT2D eigenvalue weighted by atomic mass is 10.2. The normalized spacial score (nSPS) is 12.0. The minimum absolute atomic E-state index is 0.0791. The first kappa shape index (κ1) is 14.9. The number of hydrogen-bond acceptors (Lipinski definition) is 5. The third-order valence-corrected chi connectivity index (χ3v) is 3.49. The Hall–Kier alpha value is -3.03. The second kappa shape index (κ2) is 6.82. The molecular weight excluding hydrogens is 294 g/mol. The lowest BCUT2D eigenvalue weighted by molar-refractivity contribution is -0.124. The van der Waals surface area contributed by atoms with Gasteiger partial charge in [-0.15, -0.1) is 0 Å². The van der Waals surface area contributed by atoms with Gasteiger partial charge in [0.2, 0.25) is 5.91 Å². The smallest absolute Gasteiger partial charge is 0.245 e. The van der Waals surface area contributed by atoms with Gasteiger partial charge in [-0.1, -0.05) is 13.0 Å². The number of aromatic nitrogens is 6. The Labute approximate surface area is 133 Å². The van der Waals surface area contributed by atoms with Gasteiger partial charge in [-0.3, -0.25) is 9.48 Å². The summed E-state index contributed by atoms with van der Waals surface area (Å²) in [4.78, 5) is 20.6. The molecule has 0 aliphatic heterocycles. The molecule has 1 atom stereocenters. The molecule has 0 spiro atoms. The lowest BCUT2D eigenvalue weighted by Gasteiger charge is -2.16. The molecule has 0 saturated heterocycles. The van der Waals surface area contributed by atoms with Crippen molar-refractivity contribution in [3.05, 3.63) is 55.0 Å². The first-order valence-corrected chi connectivity index (χ1v) is 7.35. The number of nitrogens with one attached hydrogen (secondary N) is 1. The van der Waals surface area contributed by atoms with Gasteiger partial charge in [0.25, 0.3) is 0 Å². The van der Waals surface area contributed by atoms with Crippen molar-refractivity contribution in [3.8, 4) is 5.82 Å². The number of nitrogens with zero attached hydrogens (tertiary/aromatic N) is 6. The summed E-state index contributed by atoms with van der Waals surface area (Å²) in [7, 11) is 0. The Bertz CT molecular complexity index is 752. The summed E-state index contributed by atoms with van der Waals surface area (Å²) >= 11 is 0. The van der Waals surface area contributed by atoms with Crippen molar-refractivity contribution < 1.29 is 4.79 Å². The molecule has 1 amide bonds. The quantitative estimate of drug-likeness (QED) is 0.737. The van der Waals surface area contributed by atoms with Crippen LogP contribution in [0.25, 0.3) is 5.82 Å². The average molecular weight is 311 g/mol. The average Bonchev–Trinajstić information content (AvgIpc) is 3.27. The molecule has 3 rings (SSSR count). The van der Waals surface area contributed by atoms with Crippen LogP contribution in [0.3, 0.4) is 0 Å². The Morgan fingerprint density at radius 2 is 2.22 bits per heavy atom. The predicted molar refractivity (Wildman–Crippen MR) is 82.6 cm³/mol. The molecule has 0 unspecified atom stereocenters. The van der Waals surface area contributed by atoms with E-state index in [9.17, 15) is 4.79 Å². The molecule has 3 aromatic heterocycles. The highest BCUT2D eigenvalue weighted by atomic mass is 16.2.